The average Bonchev–Trinajstić information content (AvgIpc) is 2.42. The van der Waals surface area contributed by atoms with E-state index in [9.17, 15) is 10.2 Å². The van der Waals surface area contributed by atoms with Crippen molar-refractivity contribution in [1.29, 1.82) is 0 Å². The van der Waals surface area contributed by atoms with Crippen molar-refractivity contribution in [3.8, 4) is 11.5 Å². The summed E-state index contributed by atoms with van der Waals surface area (Å²) in [6.07, 6.45) is 4.06. The summed E-state index contributed by atoms with van der Waals surface area (Å²) in [6, 6.07) is 3.97. The van der Waals surface area contributed by atoms with Crippen molar-refractivity contribution in [3.05, 3.63) is 23.3 Å². The molecule has 1 fully saturated rings. The molecule has 3 rings (SSSR count). The molecule has 1 aliphatic carbocycles. The number of nitrogens with zero attached hydrogens (tertiary/aromatic N) is 1. The molecule has 4 heteroatoms. The van der Waals surface area contributed by atoms with E-state index < -0.39 is 0 Å². The summed E-state index contributed by atoms with van der Waals surface area (Å²) < 4.78 is 0. The van der Waals surface area contributed by atoms with Gasteiger partial charge in [-0.25, -0.2) is 0 Å². The maximum Gasteiger partial charge on any atom is 0.160 e. The van der Waals surface area contributed by atoms with Gasteiger partial charge in [0.05, 0.1) is 6.61 Å². The number of aliphatic hydroxyl groups is 1. The van der Waals surface area contributed by atoms with Crippen LogP contribution in [0.25, 0.3) is 0 Å². The first kappa shape index (κ1) is 12.8. The fourth-order valence-electron chi connectivity index (χ4n) is 3.73. The maximum absolute atomic E-state index is 10.00. The molecule has 0 radical (unpaired) electrons. The van der Waals surface area contributed by atoms with Crippen LogP contribution in [-0.4, -0.2) is 46.0 Å². The van der Waals surface area contributed by atoms with Gasteiger partial charge in [0.25, 0.3) is 0 Å². The lowest BCUT2D eigenvalue weighted by Crippen LogP contribution is -2.50. The van der Waals surface area contributed by atoms with E-state index in [1.54, 1.807) is 6.07 Å². The molecule has 1 aromatic rings. The maximum atomic E-state index is 10.00. The van der Waals surface area contributed by atoms with Crippen LogP contribution < -0.4 is 0 Å². The Morgan fingerprint density at radius 1 is 1.21 bits per heavy atom. The highest BCUT2D eigenvalue weighted by molar-refractivity contribution is 5.50. The summed E-state index contributed by atoms with van der Waals surface area (Å²) in [5, 5.41) is 28.8. The Kier molecular flexibility index (Phi) is 3.37. The molecule has 0 bridgehead atoms. The third kappa shape index (κ3) is 2.19. The normalized spacial score (nSPS) is 26.8. The van der Waals surface area contributed by atoms with Crippen LogP contribution in [0.3, 0.4) is 0 Å². The summed E-state index contributed by atoms with van der Waals surface area (Å²) in [5.41, 5.74) is 2.06. The van der Waals surface area contributed by atoms with Gasteiger partial charge in [-0.1, -0.05) is 6.07 Å². The lowest BCUT2D eigenvalue weighted by atomic mass is 9.75. The van der Waals surface area contributed by atoms with E-state index in [-0.39, 0.29) is 18.1 Å². The molecule has 0 spiro atoms. The van der Waals surface area contributed by atoms with Crippen molar-refractivity contribution < 1.29 is 15.3 Å². The molecule has 0 saturated carbocycles. The number of aliphatic hydroxyl groups excluding tert-OH is 1. The lowest BCUT2D eigenvalue weighted by molar-refractivity contribution is 0.0672. The minimum absolute atomic E-state index is 0.0137. The standard InChI is InChI=1S/C15H21NO3/c17-7-6-16-5-1-2-11-8-12-10(9-13(11)16)3-4-14(18)15(12)19/h3-4,11,13,17-19H,1-2,5-9H2/t11-,13-/m1/s1. The number of hydrogen-bond acceptors (Lipinski definition) is 4. The first-order valence-corrected chi connectivity index (χ1v) is 7.08. The zero-order valence-electron chi connectivity index (χ0n) is 11.0. The van der Waals surface area contributed by atoms with Gasteiger partial charge >= 0.3 is 0 Å². The van der Waals surface area contributed by atoms with Gasteiger partial charge in [0.2, 0.25) is 0 Å². The van der Waals surface area contributed by atoms with E-state index in [4.69, 9.17) is 5.11 Å². The molecule has 19 heavy (non-hydrogen) atoms. The second kappa shape index (κ2) is 5.02. The number of hydrogen-bond donors (Lipinski definition) is 3. The predicted octanol–water partition coefficient (Wildman–Crippen LogP) is 1.27. The molecule has 0 amide bonds. The van der Waals surface area contributed by atoms with Crippen molar-refractivity contribution >= 4 is 0 Å². The van der Waals surface area contributed by atoms with Gasteiger partial charge < -0.3 is 15.3 Å². The van der Waals surface area contributed by atoms with Gasteiger partial charge in [0, 0.05) is 18.2 Å². The molecule has 2 atom stereocenters. The van der Waals surface area contributed by atoms with Crippen LogP contribution in [-0.2, 0) is 12.8 Å². The number of fused-ring (bicyclic) bond motifs is 2. The van der Waals surface area contributed by atoms with Crippen LogP contribution in [0.5, 0.6) is 11.5 Å². The van der Waals surface area contributed by atoms with Crippen LogP contribution in [0.1, 0.15) is 24.0 Å². The van der Waals surface area contributed by atoms with Crippen LogP contribution in [0.15, 0.2) is 12.1 Å². The van der Waals surface area contributed by atoms with Gasteiger partial charge in [-0.3, -0.25) is 4.90 Å². The SMILES string of the molecule is OCCN1CCC[C@@H]2Cc3c(ccc(O)c3O)C[C@H]21. The monoisotopic (exact) mass is 263 g/mol. The molecular weight excluding hydrogens is 242 g/mol. The van der Waals surface area contributed by atoms with E-state index >= 15 is 0 Å². The van der Waals surface area contributed by atoms with Crippen LogP contribution in [0.2, 0.25) is 0 Å². The minimum Gasteiger partial charge on any atom is -0.504 e. The second-order valence-corrected chi connectivity index (χ2v) is 5.71. The fourth-order valence-corrected chi connectivity index (χ4v) is 3.73. The quantitative estimate of drug-likeness (QED) is 0.703. The topological polar surface area (TPSA) is 63.9 Å². The van der Waals surface area contributed by atoms with Gasteiger partial charge in [-0.05, 0) is 49.8 Å². The molecular formula is C15H21NO3. The average molecular weight is 263 g/mol. The highest BCUT2D eigenvalue weighted by Crippen LogP contribution is 2.41. The van der Waals surface area contributed by atoms with E-state index in [0.717, 1.165) is 43.5 Å². The molecule has 1 aliphatic heterocycles. The Morgan fingerprint density at radius 2 is 2.05 bits per heavy atom. The van der Waals surface area contributed by atoms with E-state index in [1.165, 1.54) is 6.42 Å². The Morgan fingerprint density at radius 3 is 2.84 bits per heavy atom. The van der Waals surface area contributed by atoms with Gasteiger partial charge in [0.15, 0.2) is 11.5 Å². The fraction of sp³-hybridized carbons (Fsp3) is 0.600. The highest BCUT2D eigenvalue weighted by atomic mass is 16.3. The Labute approximate surface area is 113 Å². The van der Waals surface area contributed by atoms with Gasteiger partial charge in [0.1, 0.15) is 0 Å². The van der Waals surface area contributed by atoms with E-state index in [2.05, 4.69) is 4.90 Å². The summed E-state index contributed by atoms with van der Waals surface area (Å²) in [4.78, 5) is 2.38. The van der Waals surface area contributed by atoms with Gasteiger partial charge in [-0.15, -0.1) is 0 Å². The zero-order valence-corrected chi connectivity index (χ0v) is 11.0. The summed E-state index contributed by atoms with van der Waals surface area (Å²) in [7, 11) is 0. The third-order valence-electron chi connectivity index (χ3n) is 4.67. The van der Waals surface area contributed by atoms with Crippen molar-refractivity contribution in [2.24, 2.45) is 5.92 Å². The summed E-state index contributed by atoms with van der Waals surface area (Å²) in [6.45, 7) is 2.00. The molecule has 1 heterocycles. The molecule has 1 saturated heterocycles. The summed E-state index contributed by atoms with van der Waals surface area (Å²) >= 11 is 0. The van der Waals surface area contributed by atoms with Crippen molar-refractivity contribution in [3.63, 3.8) is 0 Å². The second-order valence-electron chi connectivity index (χ2n) is 5.71. The Bertz CT molecular complexity index is 473. The smallest absolute Gasteiger partial charge is 0.160 e. The number of benzene rings is 1. The number of β-amino-alcohol motifs (C(OH)–C–C–N with tert-alkyl or cyclic N) is 1. The van der Waals surface area contributed by atoms with Crippen LogP contribution in [0.4, 0.5) is 0 Å². The Balaban J connectivity index is 1.90. The van der Waals surface area contributed by atoms with Gasteiger partial charge in [-0.2, -0.15) is 0 Å². The minimum atomic E-state index is -0.0137. The first-order chi connectivity index (χ1) is 9.20. The number of phenolic OH excluding ortho intramolecular Hbond substituents is 2. The summed E-state index contributed by atoms with van der Waals surface area (Å²) in [5.74, 6) is 0.580. The Hall–Kier alpha value is -1.26. The van der Waals surface area contributed by atoms with Crippen molar-refractivity contribution in [2.75, 3.05) is 19.7 Å². The number of aromatic hydroxyl groups is 2. The van der Waals surface area contributed by atoms with Crippen molar-refractivity contribution in [1.82, 2.24) is 4.90 Å². The molecule has 4 nitrogen and oxygen atoms in total. The number of phenols is 2. The predicted molar refractivity (Wildman–Crippen MR) is 72.4 cm³/mol. The van der Waals surface area contributed by atoms with Crippen molar-refractivity contribution in [2.45, 2.75) is 31.7 Å². The molecule has 1 aromatic carbocycles. The van der Waals surface area contributed by atoms with E-state index in [1.807, 2.05) is 6.07 Å². The largest absolute Gasteiger partial charge is 0.504 e. The molecule has 0 unspecified atom stereocenters. The molecule has 104 valence electrons. The molecule has 0 aromatic heterocycles. The van der Waals surface area contributed by atoms with E-state index in [0.29, 0.717) is 12.0 Å². The first-order valence-electron chi connectivity index (χ1n) is 7.08. The molecule has 2 aliphatic rings. The van der Waals surface area contributed by atoms with Crippen LogP contribution in [0, 0.1) is 5.92 Å². The highest BCUT2D eigenvalue weighted by Gasteiger charge is 2.36. The number of rotatable bonds is 2. The molecule has 3 N–H and O–H groups in total. The van der Waals surface area contributed by atoms with Crippen LogP contribution >= 0.6 is 0 Å². The number of likely N-dealkylation sites (tertiary alicyclic amines) is 1. The third-order valence-corrected chi connectivity index (χ3v) is 4.67. The lowest BCUT2D eigenvalue weighted by Gasteiger charge is -2.44. The number of piperidine rings is 1. The zero-order chi connectivity index (χ0) is 13.4.